The summed E-state index contributed by atoms with van der Waals surface area (Å²) in [5.41, 5.74) is -0.812. The molecule has 2 saturated heterocycles. The normalized spacial score (nSPS) is 27.6. The molecule has 0 aliphatic carbocycles. The Bertz CT molecular complexity index is 882. The number of halogens is 3. The van der Waals surface area contributed by atoms with Crippen molar-refractivity contribution >= 4 is 19.9 Å². The van der Waals surface area contributed by atoms with Crippen LogP contribution in [0.1, 0.15) is 36.8 Å². The van der Waals surface area contributed by atoms with E-state index in [1.807, 2.05) is 0 Å². The third-order valence-electron chi connectivity index (χ3n) is 5.15. The van der Waals surface area contributed by atoms with Crippen molar-refractivity contribution in [3.63, 3.8) is 0 Å². The van der Waals surface area contributed by atoms with Crippen molar-refractivity contribution in [2.45, 2.75) is 54.9 Å². The lowest BCUT2D eigenvalue weighted by Gasteiger charge is -2.37. The number of sulfonamides is 1. The summed E-state index contributed by atoms with van der Waals surface area (Å²) < 4.78 is 89.1. The van der Waals surface area contributed by atoms with Gasteiger partial charge in [0.25, 0.3) is 0 Å². The number of piperidine rings is 1. The highest BCUT2D eigenvalue weighted by atomic mass is 32.2. The molecule has 0 saturated carbocycles. The fourth-order valence-corrected chi connectivity index (χ4v) is 7.20. The van der Waals surface area contributed by atoms with Crippen molar-refractivity contribution in [1.29, 1.82) is 0 Å². The van der Waals surface area contributed by atoms with Gasteiger partial charge in [0, 0.05) is 18.3 Å². The molecule has 2 heterocycles. The van der Waals surface area contributed by atoms with Crippen LogP contribution in [0.5, 0.6) is 0 Å². The van der Waals surface area contributed by atoms with Crippen molar-refractivity contribution < 1.29 is 30.0 Å². The Morgan fingerprint density at radius 3 is 2.15 bits per heavy atom. The van der Waals surface area contributed by atoms with E-state index in [0.717, 1.165) is 18.4 Å². The van der Waals surface area contributed by atoms with E-state index >= 15 is 0 Å². The summed E-state index contributed by atoms with van der Waals surface area (Å²) in [6.45, 7) is 0. The number of nitrogens with zero attached hydrogens (tertiary/aromatic N) is 1. The number of hydrogen-bond donors (Lipinski definition) is 0. The van der Waals surface area contributed by atoms with Gasteiger partial charge in [0.15, 0.2) is 0 Å². The highest BCUT2D eigenvalue weighted by molar-refractivity contribution is 7.91. The van der Waals surface area contributed by atoms with Crippen LogP contribution in [0.4, 0.5) is 13.2 Å². The molecule has 3 rings (SSSR count). The Morgan fingerprint density at radius 2 is 1.65 bits per heavy atom. The summed E-state index contributed by atoms with van der Waals surface area (Å²) in [6.07, 6.45) is -1.72. The highest BCUT2D eigenvalue weighted by Gasteiger charge is 2.48. The third kappa shape index (κ3) is 3.91. The Hall–Kier alpha value is -1.13. The monoisotopic (exact) mass is 411 g/mol. The fraction of sp³-hybridized carbons (Fsp3) is 0.625. The minimum Gasteiger partial charge on any atom is -0.229 e. The molecule has 1 unspecified atom stereocenters. The SMILES string of the molecule is CS(=O)(=O)C1C[C@H]2CC[C@@H](C1)N2S(=O)(=O)Cc1cccc(C(F)(F)F)c1. The van der Waals surface area contributed by atoms with E-state index in [1.165, 1.54) is 16.4 Å². The maximum atomic E-state index is 12.8. The lowest BCUT2D eigenvalue weighted by molar-refractivity contribution is -0.137. The van der Waals surface area contributed by atoms with E-state index in [9.17, 15) is 30.0 Å². The predicted octanol–water partition coefficient (Wildman–Crippen LogP) is 2.58. The van der Waals surface area contributed by atoms with Gasteiger partial charge in [0.2, 0.25) is 10.0 Å². The molecule has 2 fully saturated rings. The van der Waals surface area contributed by atoms with Crippen molar-refractivity contribution in [1.82, 2.24) is 4.31 Å². The first-order valence-corrected chi connectivity index (χ1v) is 11.8. The van der Waals surface area contributed by atoms with Gasteiger partial charge in [-0.2, -0.15) is 17.5 Å². The zero-order chi connectivity index (χ0) is 19.3. The molecule has 2 aliphatic rings. The van der Waals surface area contributed by atoms with Crippen LogP contribution in [-0.2, 0) is 31.8 Å². The first-order chi connectivity index (χ1) is 11.9. The van der Waals surface area contributed by atoms with Gasteiger partial charge in [-0.25, -0.2) is 16.8 Å². The largest absolute Gasteiger partial charge is 0.416 e. The van der Waals surface area contributed by atoms with E-state index in [2.05, 4.69) is 0 Å². The highest BCUT2D eigenvalue weighted by Crippen LogP contribution is 2.40. The molecule has 0 amide bonds. The minimum absolute atomic E-state index is 0.0736. The molecule has 0 N–H and O–H groups in total. The maximum Gasteiger partial charge on any atom is 0.416 e. The molecule has 0 spiro atoms. The molecule has 2 aliphatic heterocycles. The van der Waals surface area contributed by atoms with Crippen molar-refractivity contribution in [2.75, 3.05) is 6.26 Å². The molecule has 3 atom stereocenters. The van der Waals surface area contributed by atoms with Crippen LogP contribution in [0, 0.1) is 0 Å². The Balaban J connectivity index is 1.82. The molecule has 1 aromatic carbocycles. The number of alkyl halides is 3. The Labute approximate surface area is 151 Å². The average Bonchev–Trinajstić information content (AvgIpc) is 2.77. The quantitative estimate of drug-likeness (QED) is 0.764. The number of benzene rings is 1. The Kier molecular flexibility index (Phi) is 4.90. The predicted molar refractivity (Wildman–Crippen MR) is 90.6 cm³/mol. The van der Waals surface area contributed by atoms with Gasteiger partial charge in [0.05, 0.1) is 16.6 Å². The van der Waals surface area contributed by atoms with Crippen molar-refractivity contribution in [3.8, 4) is 0 Å². The molecule has 5 nitrogen and oxygen atoms in total. The molecule has 0 aromatic heterocycles. The van der Waals surface area contributed by atoms with Gasteiger partial charge in [-0.05, 0) is 37.3 Å². The second-order valence-electron chi connectivity index (χ2n) is 7.09. The van der Waals surface area contributed by atoms with Crippen LogP contribution < -0.4 is 0 Å². The second kappa shape index (κ2) is 6.49. The molecule has 1 aromatic rings. The summed E-state index contributed by atoms with van der Waals surface area (Å²) in [5.74, 6) is -0.520. The standard InChI is InChI=1S/C16H20F3NO4S2/c1-25(21,22)15-8-13-5-6-14(9-15)20(13)26(23,24)10-11-3-2-4-12(7-11)16(17,18)19/h2-4,7,13-15H,5-6,8-10H2,1H3/t13-,14+,15?. The Morgan fingerprint density at radius 1 is 1.08 bits per heavy atom. The van der Waals surface area contributed by atoms with Crippen LogP contribution in [0.2, 0.25) is 0 Å². The van der Waals surface area contributed by atoms with Gasteiger partial charge >= 0.3 is 6.18 Å². The molecular weight excluding hydrogens is 391 g/mol. The molecule has 0 radical (unpaired) electrons. The average molecular weight is 411 g/mol. The molecule has 10 heteroatoms. The first kappa shape index (κ1) is 19.6. The van der Waals surface area contributed by atoms with Gasteiger partial charge in [-0.3, -0.25) is 0 Å². The number of sulfone groups is 1. The summed E-state index contributed by atoms with van der Waals surface area (Å²) in [5, 5.41) is -0.556. The lowest BCUT2D eigenvalue weighted by atomic mass is 10.1. The topological polar surface area (TPSA) is 71.5 Å². The van der Waals surface area contributed by atoms with Crippen LogP contribution in [0.3, 0.4) is 0 Å². The summed E-state index contributed by atoms with van der Waals surface area (Å²) >= 11 is 0. The number of hydrogen-bond acceptors (Lipinski definition) is 4. The van der Waals surface area contributed by atoms with E-state index in [4.69, 9.17) is 0 Å². The third-order valence-corrected chi connectivity index (χ3v) is 8.69. The zero-order valence-corrected chi connectivity index (χ0v) is 15.7. The zero-order valence-electron chi connectivity index (χ0n) is 14.1. The maximum absolute atomic E-state index is 12.8. The van der Waals surface area contributed by atoms with Gasteiger partial charge < -0.3 is 0 Å². The molecule has 146 valence electrons. The van der Waals surface area contributed by atoms with Crippen LogP contribution in [-0.4, -0.2) is 44.7 Å². The van der Waals surface area contributed by atoms with E-state index in [1.54, 1.807) is 0 Å². The van der Waals surface area contributed by atoms with E-state index in [0.29, 0.717) is 12.8 Å². The van der Waals surface area contributed by atoms with Crippen molar-refractivity contribution in [2.24, 2.45) is 0 Å². The van der Waals surface area contributed by atoms with Crippen LogP contribution >= 0.6 is 0 Å². The van der Waals surface area contributed by atoms with Crippen LogP contribution in [0.25, 0.3) is 0 Å². The number of rotatable bonds is 4. The molecular formula is C16H20F3NO4S2. The van der Waals surface area contributed by atoms with Crippen LogP contribution in [0.15, 0.2) is 24.3 Å². The van der Waals surface area contributed by atoms with Gasteiger partial charge in [-0.1, -0.05) is 18.2 Å². The molecule has 2 bridgehead atoms. The summed E-state index contributed by atoms with van der Waals surface area (Å²) in [4.78, 5) is 0. The second-order valence-corrected chi connectivity index (χ2v) is 11.3. The fourth-order valence-electron chi connectivity index (χ4n) is 4.01. The summed E-state index contributed by atoms with van der Waals surface area (Å²) in [6, 6.07) is 3.50. The van der Waals surface area contributed by atoms with E-state index in [-0.39, 0.29) is 18.4 Å². The smallest absolute Gasteiger partial charge is 0.229 e. The molecule has 26 heavy (non-hydrogen) atoms. The lowest BCUT2D eigenvalue weighted by Crippen LogP contribution is -2.49. The number of fused-ring (bicyclic) bond motifs is 2. The summed E-state index contributed by atoms with van der Waals surface area (Å²) in [7, 11) is -7.08. The first-order valence-electron chi connectivity index (χ1n) is 8.24. The minimum atomic E-state index is -4.54. The van der Waals surface area contributed by atoms with Crippen molar-refractivity contribution in [3.05, 3.63) is 35.4 Å². The van der Waals surface area contributed by atoms with Gasteiger partial charge in [-0.15, -0.1) is 0 Å². The van der Waals surface area contributed by atoms with Gasteiger partial charge in [0.1, 0.15) is 9.84 Å². The van der Waals surface area contributed by atoms with E-state index < -0.39 is 54.7 Å².